The van der Waals surface area contributed by atoms with Crippen molar-refractivity contribution in [3.63, 3.8) is 0 Å². The molecule has 0 aliphatic carbocycles. The van der Waals surface area contributed by atoms with Crippen LogP contribution in [-0.4, -0.2) is 64.6 Å². The van der Waals surface area contributed by atoms with Gasteiger partial charge in [0.25, 0.3) is 0 Å². The maximum atomic E-state index is 11.7. The van der Waals surface area contributed by atoms with Gasteiger partial charge in [-0.05, 0) is 0 Å². The fourth-order valence-corrected chi connectivity index (χ4v) is 13.8. The van der Waals surface area contributed by atoms with Crippen molar-refractivity contribution in [2.45, 2.75) is 97.8 Å². The average Bonchev–Trinajstić information content (AvgIpc) is 2.64. The molecule has 0 atom stereocenters. The Bertz CT molecular complexity index is 408. The average molecular weight is 618 g/mol. The minimum absolute atomic E-state index is 0.0441. The molecule has 0 rings (SSSR count). The van der Waals surface area contributed by atoms with Crippen LogP contribution in [0.25, 0.3) is 0 Å². The molecule has 0 spiro atoms. The molecule has 0 radical (unpaired) electrons. The Morgan fingerprint density at radius 3 is 1.43 bits per heavy atom. The SMILES string of the molecule is CCCC(=O)[O][Sn]([CH3])([CH3])[O]C.CCC[CH2][Sn]([CH2]CCC)([O]C)[O]C(=O)CCC. The van der Waals surface area contributed by atoms with E-state index in [0.717, 1.165) is 47.4 Å². The summed E-state index contributed by atoms with van der Waals surface area (Å²) in [5.74, 6) is -0.160. The van der Waals surface area contributed by atoms with Crippen LogP contribution in [0.2, 0.25) is 18.8 Å². The van der Waals surface area contributed by atoms with Gasteiger partial charge in [0.1, 0.15) is 0 Å². The van der Waals surface area contributed by atoms with Gasteiger partial charge in [0.05, 0.1) is 0 Å². The summed E-state index contributed by atoms with van der Waals surface area (Å²) in [5.41, 5.74) is 0. The van der Waals surface area contributed by atoms with Crippen LogP contribution in [0.5, 0.6) is 0 Å². The molecule has 0 aliphatic heterocycles. The molecule has 0 aromatic rings. The van der Waals surface area contributed by atoms with Gasteiger partial charge in [0.15, 0.2) is 0 Å². The van der Waals surface area contributed by atoms with Gasteiger partial charge in [-0.15, -0.1) is 0 Å². The van der Waals surface area contributed by atoms with E-state index in [0.29, 0.717) is 12.8 Å². The van der Waals surface area contributed by atoms with E-state index in [1.165, 1.54) is 0 Å². The van der Waals surface area contributed by atoms with Gasteiger partial charge in [-0.1, -0.05) is 0 Å². The van der Waals surface area contributed by atoms with Crippen LogP contribution in [0, 0.1) is 0 Å². The molecule has 0 heterocycles. The first kappa shape index (κ1) is 30.6. The van der Waals surface area contributed by atoms with E-state index in [-0.39, 0.29) is 11.9 Å². The third-order valence-corrected chi connectivity index (χ3v) is 19.3. The van der Waals surface area contributed by atoms with Gasteiger partial charge in [-0.25, -0.2) is 0 Å². The molecule has 0 unspecified atom stereocenters. The second-order valence-electron chi connectivity index (χ2n) is 7.37. The van der Waals surface area contributed by atoms with Gasteiger partial charge in [0.2, 0.25) is 0 Å². The van der Waals surface area contributed by atoms with Crippen LogP contribution in [-0.2, 0) is 21.9 Å². The van der Waals surface area contributed by atoms with E-state index >= 15 is 0 Å². The van der Waals surface area contributed by atoms with Crippen LogP contribution in [0.3, 0.4) is 0 Å². The summed E-state index contributed by atoms with van der Waals surface area (Å²) >= 11 is -5.88. The van der Waals surface area contributed by atoms with Gasteiger partial charge >= 0.3 is 184 Å². The molecule has 168 valence electrons. The zero-order valence-corrected chi connectivity index (χ0v) is 25.2. The molecule has 8 heteroatoms. The van der Waals surface area contributed by atoms with Crippen molar-refractivity contribution in [3.8, 4) is 0 Å². The van der Waals surface area contributed by atoms with Crippen molar-refractivity contribution < 1.29 is 21.9 Å². The standard InChI is InChI=1S/2C4H8O2.2C4H9.2CH3O.2CH3.2Sn/c2*1-2-3-4(5)6;2*1-3-4-2;2*1-2;;;;/h2*2-3H2,1H3,(H,5,6);2*1,3-4H2,2H3;2*1H3;2*1H3;;/q;;;;2*-1;;;2*+2/p-2. The Hall–Kier alpha value is 0.457. The summed E-state index contributed by atoms with van der Waals surface area (Å²) in [6.07, 6.45) is 7.24. The van der Waals surface area contributed by atoms with E-state index < -0.39 is 38.4 Å². The summed E-state index contributed by atoms with van der Waals surface area (Å²) in [4.78, 5) is 26.5. The Morgan fingerprint density at radius 1 is 0.679 bits per heavy atom. The molecule has 0 saturated heterocycles. The fourth-order valence-electron chi connectivity index (χ4n) is 2.40. The number of carbonyl (C=O) groups excluding carboxylic acids is 2. The summed E-state index contributed by atoms with van der Waals surface area (Å²) < 4.78 is 23.8. The topological polar surface area (TPSA) is 71.1 Å². The van der Waals surface area contributed by atoms with Gasteiger partial charge in [0, 0.05) is 0 Å². The number of unbranched alkanes of at least 4 members (excludes halogenated alkanes) is 2. The second kappa shape index (κ2) is 18.2. The molecule has 0 amide bonds. The van der Waals surface area contributed by atoms with Crippen LogP contribution in [0.1, 0.15) is 79.1 Å². The molecule has 0 aromatic carbocycles. The Balaban J connectivity index is 0. The van der Waals surface area contributed by atoms with E-state index in [4.69, 9.17) is 12.3 Å². The van der Waals surface area contributed by atoms with Crippen LogP contribution < -0.4 is 0 Å². The van der Waals surface area contributed by atoms with Crippen molar-refractivity contribution in [1.29, 1.82) is 0 Å². The second-order valence-corrected chi connectivity index (χ2v) is 26.9. The van der Waals surface area contributed by atoms with E-state index in [2.05, 4.69) is 13.8 Å². The van der Waals surface area contributed by atoms with Crippen molar-refractivity contribution in [2.24, 2.45) is 0 Å². The number of carbonyl (C=O) groups is 2. The normalized spacial score (nSPS) is 11.4. The third-order valence-electron chi connectivity index (χ3n) is 4.25. The van der Waals surface area contributed by atoms with Gasteiger partial charge < -0.3 is 0 Å². The molecular formula is C20H44O6Sn2. The summed E-state index contributed by atoms with van der Waals surface area (Å²) in [6.45, 7) is 8.29. The van der Waals surface area contributed by atoms with Gasteiger partial charge in [-0.3, -0.25) is 0 Å². The molecule has 28 heavy (non-hydrogen) atoms. The molecule has 0 bridgehead atoms. The zero-order chi connectivity index (χ0) is 22.1. The van der Waals surface area contributed by atoms with Crippen LogP contribution >= 0.6 is 0 Å². The molecule has 0 N–H and O–H groups in total. The molecule has 0 aromatic heterocycles. The van der Waals surface area contributed by atoms with Crippen molar-refractivity contribution in [1.82, 2.24) is 0 Å². The number of rotatable bonds is 14. The predicted octanol–water partition coefficient (Wildman–Crippen LogP) is 5.70. The number of hydrogen-bond acceptors (Lipinski definition) is 6. The molecular weight excluding hydrogens is 574 g/mol. The molecule has 6 nitrogen and oxygen atoms in total. The minimum atomic E-state index is -3.07. The Labute approximate surface area is 183 Å². The summed E-state index contributed by atoms with van der Waals surface area (Å²) in [5, 5.41) is 0. The first-order chi connectivity index (χ1) is 13.2. The molecule has 0 fully saturated rings. The molecule has 0 aliphatic rings. The molecule has 0 saturated carbocycles. The zero-order valence-electron chi connectivity index (χ0n) is 19.5. The first-order valence-corrected chi connectivity index (χ1v) is 25.1. The monoisotopic (exact) mass is 620 g/mol. The summed E-state index contributed by atoms with van der Waals surface area (Å²) in [6, 6.07) is 0. The fraction of sp³-hybridized carbons (Fsp3) is 0.900. The van der Waals surface area contributed by atoms with E-state index in [9.17, 15) is 9.59 Å². The third kappa shape index (κ3) is 16.3. The van der Waals surface area contributed by atoms with E-state index in [1.54, 1.807) is 14.2 Å². The predicted molar refractivity (Wildman–Crippen MR) is 119 cm³/mol. The quantitative estimate of drug-likeness (QED) is 0.233. The van der Waals surface area contributed by atoms with Crippen LogP contribution in [0.15, 0.2) is 0 Å². The first-order valence-electron chi connectivity index (χ1n) is 10.7. The van der Waals surface area contributed by atoms with Gasteiger partial charge in [-0.2, -0.15) is 0 Å². The van der Waals surface area contributed by atoms with Crippen molar-refractivity contribution >= 4 is 50.3 Å². The van der Waals surface area contributed by atoms with Crippen LogP contribution in [0.4, 0.5) is 0 Å². The van der Waals surface area contributed by atoms with E-state index in [1.807, 2.05) is 23.7 Å². The maximum absolute atomic E-state index is 11.7. The number of hydrogen-bond donors (Lipinski definition) is 0. The Kier molecular flexibility index (Phi) is 20.0. The van der Waals surface area contributed by atoms with Crippen molar-refractivity contribution in [3.05, 3.63) is 0 Å². The summed E-state index contributed by atoms with van der Waals surface area (Å²) in [7, 11) is 3.34. The Morgan fingerprint density at radius 2 is 1.11 bits per heavy atom. The van der Waals surface area contributed by atoms with Crippen molar-refractivity contribution in [2.75, 3.05) is 14.2 Å².